The number of amides is 2. The van der Waals surface area contributed by atoms with Gasteiger partial charge in [0.1, 0.15) is 5.57 Å². The lowest BCUT2D eigenvalue weighted by molar-refractivity contribution is -0.128. The Hall–Kier alpha value is -3.25. The smallest absolute Gasteiger partial charge is 0.265 e. The molecule has 1 aromatic heterocycles. The van der Waals surface area contributed by atoms with E-state index in [0.29, 0.717) is 0 Å². The zero-order chi connectivity index (χ0) is 20.0. The number of nitrogens with zero attached hydrogens (tertiary/aromatic N) is 2. The van der Waals surface area contributed by atoms with Crippen LogP contribution in [0.5, 0.6) is 0 Å². The molecule has 0 spiro atoms. The average molecular weight is 389 g/mol. The van der Waals surface area contributed by atoms with Crippen molar-refractivity contribution in [2.24, 2.45) is 0 Å². The number of likely N-dealkylation sites (N-methyl/N-ethyl adjacent to an activating group) is 1. The number of thiocarbonyl (C=S) groups is 1. The molecule has 1 N–H and O–H groups in total. The molecule has 0 radical (unpaired) electrons. The van der Waals surface area contributed by atoms with Crippen molar-refractivity contribution in [2.45, 2.75) is 13.8 Å². The first-order chi connectivity index (χ1) is 13.4. The summed E-state index contributed by atoms with van der Waals surface area (Å²) in [7, 11) is 1.55. The Kier molecular flexibility index (Phi) is 4.35. The van der Waals surface area contributed by atoms with Crippen molar-refractivity contribution in [3.05, 3.63) is 71.1 Å². The van der Waals surface area contributed by atoms with Gasteiger partial charge in [0.25, 0.3) is 11.8 Å². The lowest BCUT2D eigenvalue weighted by Gasteiger charge is -2.25. The molecule has 1 aliphatic rings. The van der Waals surface area contributed by atoms with Gasteiger partial charge >= 0.3 is 0 Å². The zero-order valence-corrected chi connectivity index (χ0v) is 16.6. The van der Waals surface area contributed by atoms with Gasteiger partial charge in [-0.05, 0) is 55.2 Å². The topological polar surface area (TPSA) is 54.3 Å². The molecule has 6 heteroatoms. The van der Waals surface area contributed by atoms with Crippen LogP contribution in [0.2, 0.25) is 0 Å². The fraction of sp³-hybridized carbons (Fsp3) is 0.136. The van der Waals surface area contributed by atoms with Gasteiger partial charge in [0.2, 0.25) is 0 Å². The van der Waals surface area contributed by atoms with Crippen molar-refractivity contribution in [3.8, 4) is 5.69 Å². The van der Waals surface area contributed by atoms with Crippen LogP contribution in [-0.2, 0) is 9.59 Å². The highest BCUT2D eigenvalue weighted by Crippen LogP contribution is 2.28. The molecule has 0 aliphatic carbocycles. The molecule has 1 saturated heterocycles. The quantitative estimate of drug-likeness (QED) is 0.415. The molecule has 1 aliphatic heterocycles. The predicted octanol–water partition coefficient (Wildman–Crippen LogP) is 3.50. The molecule has 2 amide bonds. The van der Waals surface area contributed by atoms with Crippen LogP contribution >= 0.6 is 12.2 Å². The van der Waals surface area contributed by atoms with Gasteiger partial charge in [-0.15, -0.1) is 0 Å². The van der Waals surface area contributed by atoms with Gasteiger partial charge in [-0.1, -0.05) is 36.4 Å². The molecule has 2 heterocycles. The van der Waals surface area contributed by atoms with Crippen molar-refractivity contribution in [1.82, 2.24) is 14.8 Å². The number of hydrogen-bond acceptors (Lipinski definition) is 3. The lowest BCUT2D eigenvalue weighted by atomic mass is 10.1. The van der Waals surface area contributed by atoms with E-state index >= 15 is 0 Å². The summed E-state index contributed by atoms with van der Waals surface area (Å²) in [6.07, 6.45) is 1.64. The Bertz CT molecular complexity index is 1180. The monoisotopic (exact) mass is 389 g/mol. The highest BCUT2D eigenvalue weighted by Gasteiger charge is 2.31. The Labute approximate surface area is 168 Å². The molecule has 1 fully saturated rings. The normalized spacial score (nSPS) is 16.2. The second kappa shape index (κ2) is 6.73. The largest absolute Gasteiger partial charge is 0.317 e. The van der Waals surface area contributed by atoms with Gasteiger partial charge in [0.15, 0.2) is 5.11 Å². The third-order valence-electron chi connectivity index (χ3n) is 5.08. The highest BCUT2D eigenvalue weighted by molar-refractivity contribution is 7.80. The van der Waals surface area contributed by atoms with Crippen LogP contribution in [0.1, 0.15) is 17.0 Å². The summed E-state index contributed by atoms with van der Waals surface area (Å²) in [5.41, 5.74) is 3.95. The van der Waals surface area contributed by atoms with E-state index in [1.54, 1.807) is 13.1 Å². The summed E-state index contributed by atoms with van der Waals surface area (Å²) >= 11 is 5.00. The second-order valence-corrected chi connectivity index (χ2v) is 7.23. The Morgan fingerprint density at radius 2 is 1.75 bits per heavy atom. The third-order valence-corrected chi connectivity index (χ3v) is 5.46. The van der Waals surface area contributed by atoms with Crippen molar-refractivity contribution in [3.63, 3.8) is 0 Å². The van der Waals surface area contributed by atoms with Crippen LogP contribution in [0.15, 0.2) is 54.1 Å². The summed E-state index contributed by atoms with van der Waals surface area (Å²) in [6.45, 7) is 4.00. The highest BCUT2D eigenvalue weighted by atomic mass is 32.1. The van der Waals surface area contributed by atoms with Crippen LogP contribution in [0.3, 0.4) is 0 Å². The maximum Gasteiger partial charge on any atom is 0.265 e. The summed E-state index contributed by atoms with van der Waals surface area (Å²) in [6, 6.07) is 16.4. The number of carbonyl (C=O) groups is 2. The molecule has 0 unspecified atom stereocenters. The van der Waals surface area contributed by atoms with Crippen LogP contribution in [0, 0.1) is 13.8 Å². The van der Waals surface area contributed by atoms with Gasteiger partial charge < -0.3 is 4.57 Å². The van der Waals surface area contributed by atoms with Crippen LogP contribution in [0.4, 0.5) is 0 Å². The summed E-state index contributed by atoms with van der Waals surface area (Å²) in [5, 5.41) is 4.97. The van der Waals surface area contributed by atoms with E-state index in [1.807, 2.05) is 38.1 Å². The number of benzene rings is 2. The molecule has 28 heavy (non-hydrogen) atoms. The third kappa shape index (κ3) is 2.82. The number of aromatic nitrogens is 1. The number of hydrogen-bond donors (Lipinski definition) is 1. The molecular formula is C22H19N3O2S. The molecule has 4 rings (SSSR count). The SMILES string of the molecule is Cc1cc(C=C2C(=O)NC(=S)N(C)C2=O)c(C)n1-c1cccc2ccccc12. The second-order valence-electron chi connectivity index (χ2n) is 6.84. The first-order valence-electron chi connectivity index (χ1n) is 8.90. The van der Waals surface area contributed by atoms with Crippen LogP contribution in [-0.4, -0.2) is 33.4 Å². The Morgan fingerprint density at radius 1 is 1.04 bits per heavy atom. The Morgan fingerprint density at radius 3 is 2.54 bits per heavy atom. The van der Waals surface area contributed by atoms with Crippen molar-refractivity contribution < 1.29 is 9.59 Å². The number of aryl methyl sites for hydroxylation is 1. The number of nitrogens with one attached hydrogen (secondary N) is 1. The van der Waals surface area contributed by atoms with Crippen LogP contribution < -0.4 is 5.32 Å². The van der Waals surface area contributed by atoms with E-state index in [1.165, 1.54) is 4.90 Å². The Balaban J connectivity index is 1.86. The molecule has 2 aromatic carbocycles. The van der Waals surface area contributed by atoms with Crippen molar-refractivity contribution in [1.29, 1.82) is 0 Å². The van der Waals surface area contributed by atoms with Crippen molar-refractivity contribution in [2.75, 3.05) is 7.05 Å². The van der Waals surface area contributed by atoms with E-state index in [4.69, 9.17) is 12.2 Å². The maximum atomic E-state index is 12.5. The number of fused-ring (bicyclic) bond motifs is 1. The van der Waals surface area contributed by atoms with E-state index in [9.17, 15) is 9.59 Å². The lowest BCUT2D eigenvalue weighted by Crippen LogP contribution is -2.52. The van der Waals surface area contributed by atoms with E-state index in [2.05, 4.69) is 34.1 Å². The van der Waals surface area contributed by atoms with Crippen LogP contribution in [0.25, 0.3) is 22.5 Å². The van der Waals surface area contributed by atoms with Gasteiger partial charge in [-0.25, -0.2) is 0 Å². The zero-order valence-electron chi connectivity index (χ0n) is 15.8. The van der Waals surface area contributed by atoms with E-state index in [0.717, 1.165) is 33.4 Å². The summed E-state index contributed by atoms with van der Waals surface area (Å²) < 4.78 is 2.15. The summed E-state index contributed by atoms with van der Waals surface area (Å²) in [5.74, 6) is -0.869. The first-order valence-corrected chi connectivity index (χ1v) is 9.31. The molecule has 0 atom stereocenters. The summed E-state index contributed by atoms with van der Waals surface area (Å²) in [4.78, 5) is 26.1. The van der Waals surface area contributed by atoms with Crippen molar-refractivity contribution >= 4 is 46.0 Å². The van der Waals surface area contributed by atoms with Gasteiger partial charge in [-0.3, -0.25) is 19.8 Å². The maximum absolute atomic E-state index is 12.5. The molecule has 140 valence electrons. The minimum Gasteiger partial charge on any atom is -0.317 e. The van der Waals surface area contributed by atoms with Gasteiger partial charge in [-0.2, -0.15) is 0 Å². The number of carbonyl (C=O) groups excluding carboxylic acids is 2. The molecule has 3 aromatic rings. The minimum absolute atomic E-state index is 0.0780. The fourth-order valence-corrected chi connectivity index (χ4v) is 3.78. The molecule has 0 saturated carbocycles. The molecule has 0 bridgehead atoms. The minimum atomic E-state index is -0.469. The predicted molar refractivity (Wildman–Crippen MR) is 114 cm³/mol. The average Bonchev–Trinajstić information content (AvgIpc) is 2.96. The standard InChI is InChI=1S/C22H19N3O2S/c1-13-11-16(12-18-20(26)23-22(28)24(3)21(18)27)14(2)25(13)19-10-6-8-15-7-4-5-9-17(15)19/h4-12H,1-3H3,(H,23,26,28). The van der Waals surface area contributed by atoms with Gasteiger partial charge in [0, 0.05) is 23.8 Å². The van der Waals surface area contributed by atoms with Gasteiger partial charge in [0.05, 0.1) is 5.69 Å². The molecule has 5 nitrogen and oxygen atoms in total. The van der Waals surface area contributed by atoms with E-state index in [-0.39, 0.29) is 10.7 Å². The fourth-order valence-electron chi connectivity index (χ4n) is 3.61. The van der Waals surface area contributed by atoms with E-state index < -0.39 is 11.8 Å². The number of rotatable bonds is 2. The molecular weight excluding hydrogens is 370 g/mol. The first kappa shape index (κ1) is 18.1.